The summed E-state index contributed by atoms with van der Waals surface area (Å²) in [5.74, 6) is 1.70. The number of rotatable bonds is 8. The third kappa shape index (κ3) is 5.09. The van der Waals surface area contributed by atoms with Crippen molar-refractivity contribution in [3.8, 4) is 5.69 Å². The summed E-state index contributed by atoms with van der Waals surface area (Å²) in [4.78, 5) is 13.9. The molecule has 0 spiro atoms. The molecule has 6 rings (SSSR count). The van der Waals surface area contributed by atoms with Crippen molar-refractivity contribution in [1.29, 1.82) is 0 Å². The maximum atomic E-state index is 15.2. The number of fused-ring (bicyclic) bond motifs is 1. The normalized spacial score (nSPS) is 21.9. The lowest BCUT2D eigenvalue weighted by molar-refractivity contribution is 0.0649. The van der Waals surface area contributed by atoms with Crippen LogP contribution in [0.4, 0.5) is 27.5 Å². The van der Waals surface area contributed by atoms with Gasteiger partial charge in [0.15, 0.2) is 5.82 Å². The lowest BCUT2D eigenvalue weighted by Gasteiger charge is -2.44. The molecule has 11 heteroatoms. The summed E-state index contributed by atoms with van der Waals surface area (Å²) in [6, 6.07) is 3.99. The van der Waals surface area contributed by atoms with E-state index in [-0.39, 0.29) is 5.82 Å². The van der Waals surface area contributed by atoms with E-state index in [9.17, 15) is 0 Å². The standard InChI is InChI=1S/C26H35FN10/c1-35(2)24-15-29-26(32-25(24)28-14-18-6-5-11-36-10-4-3-7-22(18)36)31-21-13-23(37-16-30-33-34-37)19(12-20(21)27)17-8-9-17/h12-13,15-18,22H,3-11,14H2,1-2H3,(H2,28,29,31,32). The zero-order valence-corrected chi connectivity index (χ0v) is 21.6. The fourth-order valence-electron chi connectivity index (χ4n) is 5.92. The van der Waals surface area contributed by atoms with Gasteiger partial charge in [0.1, 0.15) is 12.1 Å². The van der Waals surface area contributed by atoms with E-state index < -0.39 is 0 Å². The molecule has 2 aromatic heterocycles. The Morgan fingerprint density at radius 2 is 1.95 bits per heavy atom. The van der Waals surface area contributed by atoms with Gasteiger partial charge < -0.3 is 20.4 Å². The molecule has 0 radical (unpaired) electrons. The molecule has 3 aliphatic rings. The summed E-state index contributed by atoms with van der Waals surface area (Å²) in [6.45, 7) is 3.32. The van der Waals surface area contributed by atoms with Crippen LogP contribution in [-0.2, 0) is 0 Å². The number of benzene rings is 1. The molecule has 0 amide bonds. The highest BCUT2D eigenvalue weighted by Crippen LogP contribution is 2.44. The lowest BCUT2D eigenvalue weighted by atomic mass is 9.83. The third-order valence-electron chi connectivity index (χ3n) is 7.99. The molecule has 2 N–H and O–H groups in total. The van der Waals surface area contributed by atoms with Crippen molar-refractivity contribution in [1.82, 2.24) is 35.1 Å². The van der Waals surface area contributed by atoms with E-state index in [1.54, 1.807) is 23.0 Å². The minimum absolute atomic E-state index is 0.295. The molecule has 3 aromatic rings. The number of nitrogens with one attached hydrogen (secondary N) is 2. The molecular weight excluding hydrogens is 471 g/mol. The van der Waals surface area contributed by atoms with Gasteiger partial charge in [-0.15, -0.1) is 5.10 Å². The number of hydrogen-bond acceptors (Lipinski definition) is 9. The summed E-state index contributed by atoms with van der Waals surface area (Å²) >= 11 is 0. The first-order valence-corrected chi connectivity index (χ1v) is 13.4. The topological polar surface area (TPSA) is 99.9 Å². The van der Waals surface area contributed by atoms with Crippen LogP contribution in [0, 0.1) is 11.7 Å². The Hall–Kier alpha value is -3.34. The second-order valence-corrected chi connectivity index (χ2v) is 10.7. The number of piperidine rings is 2. The first kappa shape index (κ1) is 24.0. The van der Waals surface area contributed by atoms with Gasteiger partial charge in [0.25, 0.3) is 0 Å². The highest BCUT2D eigenvalue weighted by atomic mass is 19.1. The van der Waals surface area contributed by atoms with Crippen molar-refractivity contribution in [3.05, 3.63) is 36.0 Å². The Bertz CT molecular complexity index is 1220. The molecule has 2 saturated heterocycles. The molecule has 2 atom stereocenters. The second-order valence-electron chi connectivity index (χ2n) is 10.7. The highest BCUT2D eigenvalue weighted by molar-refractivity contribution is 5.68. The van der Waals surface area contributed by atoms with Gasteiger partial charge >= 0.3 is 0 Å². The number of hydrogen-bond donors (Lipinski definition) is 2. The van der Waals surface area contributed by atoms with Crippen LogP contribution in [0.1, 0.15) is 56.4 Å². The Kier molecular flexibility index (Phi) is 6.62. The van der Waals surface area contributed by atoms with Gasteiger partial charge in [-0.05, 0) is 91.6 Å². The Labute approximate surface area is 216 Å². The van der Waals surface area contributed by atoms with Gasteiger partial charge in [0, 0.05) is 26.7 Å². The van der Waals surface area contributed by atoms with Gasteiger partial charge in [0.05, 0.1) is 23.3 Å². The quantitative estimate of drug-likeness (QED) is 0.470. The maximum Gasteiger partial charge on any atom is 0.229 e. The maximum absolute atomic E-state index is 15.2. The molecule has 37 heavy (non-hydrogen) atoms. The highest BCUT2D eigenvalue weighted by Gasteiger charge is 2.33. The SMILES string of the molecule is CN(C)c1cnc(Nc2cc(-n3cnnn3)c(C3CC3)cc2F)nc1NCC1CCCN2CCCCC12. The predicted molar refractivity (Wildman–Crippen MR) is 141 cm³/mol. The summed E-state index contributed by atoms with van der Waals surface area (Å²) in [6.07, 6.45) is 11.8. The monoisotopic (exact) mass is 506 g/mol. The number of anilines is 4. The second kappa shape index (κ2) is 10.2. The van der Waals surface area contributed by atoms with Gasteiger partial charge in [0.2, 0.25) is 5.95 Å². The Balaban J connectivity index is 1.24. The molecule has 4 heterocycles. The Morgan fingerprint density at radius 3 is 2.73 bits per heavy atom. The number of tetrazole rings is 1. The van der Waals surface area contributed by atoms with Crippen LogP contribution in [0.5, 0.6) is 0 Å². The number of halogens is 1. The van der Waals surface area contributed by atoms with Gasteiger partial charge in [-0.2, -0.15) is 4.98 Å². The van der Waals surface area contributed by atoms with Crippen molar-refractivity contribution in [2.75, 3.05) is 49.3 Å². The summed E-state index contributed by atoms with van der Waals surface area (Å²) in [7, 11) is 3.96. The third-order valence-corrected chi connectivity index (χ3v) is 7.99. The summed E-state index contributed by atoms with van der Waals surface area (Å²) in [5, 5.41) is 18.3. The van der Waals surface area contributed by atoms with Gasteiger partial charge in [-0.25, -0.2) is 14.1 Å². The molecule has 1 aromatic carbocycles. The molecule has 10 nitrogen and oxygen atoms in total. The van der Waals surface area contributed by atoms with E-state index in [0.717, 1.165) is 42.1 Å². The average molecular weight is 507 g/mol. The van der Waals surface area contributed by atoms with Gasteiger partial charge in [-0.3, -0.25) is 0 Å². The van der Waals surface area contributed by atoms with E-state index in [2.05, 4.69) is 36.0 Å². The molecule has 196 valence electrons. The number of aromatic nitrogens is 6. The van der Waals surface area contributed by atoms with E-state index in [1.807, 2.05) is 19.0 Å². The molecule has 2 aliphatic heterocycles. The molecule has 2 unspecified atom stereocenters. The van der Waals surface area contributed by atoms with Crippen molar-refractivity contribution < 1.29 is 4.39 Å². The van der Waals surface area contributed by atoms with Crippen LogP contribution >= 0.6 is 0 Å². The Morgan fingerprint density at radius 1 is 1.08 bits per heavy atom. The predicted octanol–water partition coefficient (Wildman–Crippen LogP) is 3.95. The molecule has 1 aliphatic carbocycles. The first-order chi connectivity index (χ1) is 18.1. The van der Waals surface area contributed by atoms with Crippen molar-refractivity contribution in [2.45, 2.75) is 56.9 Å². The van der Waals surface area contributed by atoms with Crippen LogP contribution in [-0.4, -0.2) is 74.8 Å². The zero-order chi connectivity index (χ0) is 25.4. The fraction of sp³-hybridized carbons (Fsp3) is 0.577. The molecule has 0 bridgehead atoms. The van der Waals surface area contributed by atoms with E-state index >= 15 is 4.39 Å². The smallest absolute Gasteiger partial charge is 0.229 e. The van der Waals surface area contributed by atoms with E-state index in [4.69, 9.17) is 4.98 Å². The van der Waals surface area contributed by atoms with E-state index in [1.165, 1.54) is 51.5 Å². The van der Waals surface area contributed by atoms with Crippen LogP contribution in [0.25, 0.3) is 5.69 Å². The van der Waals surface area contributed by atoms with Gasteiger partial charge in [-0.1, -0.05) is 6.42 Å². The number of nitrogens with zero attached hydrogens (tertiary/aromatic N) is 8. The minimum Gasteiger partial charge on any atom is -0.373 e. The van der Waals surface area contributed by atoms with Crippen molar-refractivity contribution in [3.63, 3.8) is 0 Å². The first-order valence-electron chi connectivity index (χ1n) is 13.4. The van der Waals surface area contributed by atoms with Crippen LogP contribution < -0.4 is 15.5 Å². The van der Waals surface area contributed by atoms with Crippen molar-refractivity contribution >= 4 is 23.1 Å². The largest absolute Gasteiger partial charge is 0.373 e. The molecule has 3 fully saturated rings. The summed E-state index contributed by atoms with van der Waals surface area (Å²) in [5.41, 5.74) is 2.89. The molecule has 1 saturated carbocycles. The van der Waals surface area contributed by atoms with Crippen LogP contribution in [0.2, 0.25) is 0 Å². The zero-order valence-electron chi connectivity index (χ0n) is 21.6. The van der Waals surface area contributed by atoms with Crippen molar-refractivity contribution in [2.24, 2.45) is 5.92 Å². The summed E-state index contributed by atoms with van der Waals surface area (Å²) < 4.78 is 16.8. The fourth-order valence-corrected chi connectivity index (χ4v) is 5.92. The van der Waals surface area contributed by atoms with E-state index in [0.29, 0.717) is 29.5 Å². The average Bonchev–Trinajstić information content (AvgIpc) is 3.61. The minimum atomic E-state index is -0.340. The van der Waals surface area contributed by atoms with Crippen LogP contribution in [0.15, 0.2) is 24.7 Å². The molecular formula is C26H35FN10. The van der Waals surface area contributed by atoms with Crippen LogP contribution in [0.3, 0.4) is 0 Å². The lowest BCUT2D eigenvalue weighted by Crippen LogP contribution is -2.49.